The predicted octanol–water partition coefficient (Wildman–Crippen LogP) is 5.18. The number of anilines is 2. The highest BCUT2D eigenvalue weighted by Crippen LogP contribution is 2.45. The molecule has 4 aromatic rings. The van der Waals surface area contributed by atoms with Crippen LogP contribution in [0.25, 0.3) is 21.3 Å². The molecule has 1 aliphatic carbocycles. The van der Waals surface area contributed by atoms with Crippen LogP contribution >= 0.6 is 22.7 Å². The van der Waals surface area contributed by atoms with E-state index in [9.17, 15) is 9.59 Å². The zero-order valence-corrected chi connectivity index (χ0v) is 19.3. The number of hydrogen-bond acceptors (Lipinski definition) is 6. The van der Waals surface area contributed by atoms with Gasteiger partial charge in [0.15, 0.2) is 0 Å². The highest BCUT2D eigenvalue weighted by atomic mass is 32.1. The Morgan fingerprint density at radius 2 is 1.88 bits per heavy atom. The van der Waals surface area contributed by atoms with E-state index in [1.54, 1.807) is 0 Å². The Morgan fingerprint density at radius 3 is 2.62 bits per heavy atom. The molecule has 6 nitrogen and oxygen atoms in total. The minimum Gasteiger partial charge on any atom is -0.397 e. The minimum absolute atomic E-state index is 0.276. The number of hydrogen-bond donors (Lipinski definition) is 3. The van der Waals surface area contributed by atoms with Gasteiger partial charge in [0.05, 0.1) is 11.3 Å². The van der Waals surface area contributed by atoms with E-state index in [-0.39, 0.29) is 11.8 Å². The molecule has 3 aromatic heterocycles. The molecular formula is C24H22N4O2S2. The lowest BCUT2D eigenvalue weighted by atomic mass is 9.88. The molecule has 5 rings (SSSR count). The van der Waals surface area contributed by atoms with E-state index >= 15 is 0 Å². The lowest BCUT2D eigenvalue weighted by Crippen LogP contribution is -2.18. The Kier molecular flexibility index (Phi) is 4.98. The number of primary amides is 1. The fraction of sp³-hybridized carbons (Fsp3) is 0.208. The van der Waals surface area contributed by atoms with Crippen LogP contribution in [0.3, 0.4) is 0 Å². The first kappa shape index (κ1) is 20.7. The Morgan fingerprint density at radius 1 is 1.09 bits per heavy atom. The normalized spacial score (nSPS) is 12.6. The Balaban J connectivity index is 1.55. The largest absolute Gasteiger partial charge is 0.397 e. The maximum atomic E-state index is 13.2. The van der Waals surface area contributed by atoms with E-state index in [4.69, 9.17) is 11.5 Å². The van der Waals surface area contributed by atoms with E-state index in [0.717, 1.165) is 44.8 Å². The summed E-state index contributed by atoms with van der Waals surface area (Å²) in [7, 11) is 0. The molecule has 3 heterocycles. The molecule has 0 fully saturated rings. The van der Waals surface area contributed by atoms with Crippen molar-refractivity contribution in [1.82, 2.24) is 4.98 Å². The highest BCUT2D eigenvalue weighted by molar-refractivity contribution is 7.21. The summed E-state index contributed by atoms with van der Waals surface area (Å²) >= 11 is 2.67. The molecule has 32 heavy (non-hydrogen) atoms. The summed E-state index contributed by atoms with van der Waals surface area (Å²) in [4.78, 5) is 32.5. The van der Waals surface area contributed by atoms with E-state index in [1.807, 2.05) is 30.3 Å². The SMILES string of the molecule is CC(C)c1ccc2c(N)c(C(=O)Nc3sc4c(c3C(N)=O)-c3ccccc3CC4)sc2n1. The topological polar surface area (TPSA) is 111 Å². The second-order valence-electron chi connectivity index (χ2n) is 8.17. The summed E-state index contributed by atoms with van der Waals surface area (Å²) in [5, 5.41) is 4.15. The molecular weight excluding hydrogens is 440 g/mol. The van der Waals surface area contributed by atoms with E-state index < -0.39 is 5.91 Å². The Hall–Kier alpha value is -3.23. The number of nitrogens with two attached hydrogens (primary N) is 2. The molecule has 8 heteroatoms. The molecule has 0 radical (unpaired) electrons. The van der Waals surface area contributed by atoms with Crippen molar-refractivity contribution in [3.05, 3.63) is 63.0 Å². The predicted molar refractivity (Wildman–Crippen MR) is 132 cm³/mol. The van der Waals surface area contributed by atoms with Crippen molar-refractivity contribution in [3.63, 3.8) is 0 Å². The van der Waals surface area contributed by atoms with Gasteiger partial charge in [-0.2, -0.15) is 0 Å². The summed E-state index contributed by atoms with van der Waals surface area (Å²) in [5.74, 6) is -0.633. The van der Waals surface area contributed by atoms with Crippen molar-refractivity contribution in [2.45, 2.75) is 32.6 Å². The summed E-state index contributed by atoms with van der Waals surface area (Å²) in [6.07, 6.45) is 1.70. The van der Waals surface area contributed by atoms with Crippen LogP contribution in [0.1, 0.15) is 55.9 Å². The monoisotopic (exact) mass is 462 g/mol. The number of nitrogens with zero attached hydrogens (tertiary/aromatic N) is 1. The van der Waals surface area contributed by atoms with Crippen molar-refractivity contribution in [3.8, 4) is 11.1 Å². The van der Waals surface area contributed by atoms with Crippen molar-refractivity contribution in [2.75, 3.05) is 11.1 Å². The molecule has 0 saturated carbocycles. The maximum absolute atomic E-state index is 13.2. The number of pyridine rings is 1. The number of thiophene rings is 2. The van der Waals surface area contributed by atoms with Crippen LogP contribution in [0.15, 0.2) is 36.4 Å². The number of rotatable bonds is 4. The van der Waals surface area contributed by atoms with Gasteiger partial charge in [-0.25, -0.2) is 4.98 Å². The van der Waals surface area contributed by atoms with Gasteiger partial charge in [-0.15, -0.1) is 22.7 Å². The van der Waals surface area contributed by atoms with Crippen molar-refractivity contribution in [1.29, 1.82) is 0 Å². The van der Waals surface area contributed by atoms with Gasteiger partial charge < -0.3 is 16.8 Å². The molecule has 162 valence electrons. The molecule has 0 aliphatic heterocycles. The zero-order chi connectivity index (χ0) is 22.6. The number of nitrogens with one attached hydrogen (secondary N) is 1. The standard InChI is InChI=1S/C24H22N4O2S2/c1-11(2)15-9-8-14-19(25)20(32-23(14)27-15)22(30)28-24-18(21(26)29)17-13-6-4-3-5-12(13)7-10-16(17)31-24/h3-6,8-9,11H,7,10,25H2,1-2H3,(H2,26,29)(H,28,30). The number of benzene rings is 1. The van der Waals surface area contributed by atoms with Gasteiger partial charge >= 0.3 is 0 Å². The van der Waals surface area contributed by atoms with Gasteiger partial charge in [0.1, 0.15) is 14.7 Å². The van der Waals surface area contributed by atoms with Crippen LogP contribution in [0, 0.1) is 0 Å². The smallest absolute Gasteiger partial charge is 0.268 e. The van der Waals surface area contributed by atoms with E-state index in [0.29, 0.717) is 21.1 Å². The van der Waals surface area contributed by atoms with Gasteiger partial charge in [-0.3, -0.25) is 9.59 Å². The molecule has 0 bridgehead atoms. The fourth-order valence-electron chi connectivity index (χ4n) is 4.15. The van der Waals surface area contributed by atoms with E-state index in [1.165, 1.54) is 28.2 Å². The van der Waals surface area contributed by atoms with Gasteiger partial charge in [0, 0.05) is 21.5 Å². The maximum Gasteiger partial charge on any atom is 0.268 e. The van der Waals surface area contributed by atoms with Crippen molar-refractivity contribution >= 4 is 55.4 Å². The first-order valence-corrected chi connectivity index (χ1v) is 12.0. The summed E-state index contributed by atoms with van der Waals surface area (Å²) in [6, 6.07) is 11.9. The third-order valence-electron chi connectivity index (χ3n) is 5.78. The van der Waals surface area contributed by atoms with Crippen LogP contribution in [-0.2, 0) is 12.8 Å². The van der Waals surface area contributed by atoms with Crippen LogP contribution in [0.5, 0.6) is 0 Å². The minimum atomic E-state index is -0.554. The average molecular weight is 463 g/mol. The molecule has 5 N–H and O–H groups in total. The lowest BCUT2D eigenvalue weighted by Gasteiger charge is -2.16. The van der Waals surface area contributed by atoms with Crippen LogP contribution in [0.4, 0.5) is 10.7 Å². The number of amides is 2. The molecule has 0 saturated heterocycles. The number of nitrogen functional groups attached to an aromatic ring is 1. The summed E-state index contributed by atoms with van der Waals surface area (Å²) in [6.45, 7) is 4.14. The quantitative estimate of drug-likeness (QED) is 0.388. The molecule has 1 aromatic carbocycles. The Labute approximate surface area is 193 Å². The third kappa shape index (κ3) is 3.27. The first-order valence-electron chi connectivity index (χ1n) is 10.4. The summed E-state index contributed by atoms with van der Waals surface area (Å²) in [5.41, 5.74) is 16.8. The zero-order valence-electron chi connectivity index (χ0n) is 17.7. The fourth-order valence-corrected chi connectivity index (χ4v) is 6.36. The van der Waals surface area contributed by atoms with Crippen LogP contribution in [-0.4, -0.2) is 16.8 Å². The molecule has 2 amide bonds. The average Bonchev–Trinajstić information content (AvgIpc) is 3.31. The number of carbonyl (C=O) groups is 2. The molecule has 0 spiro atoms. The Bertz CT molecular complexity index is 1400. The lowest BCUT2D eigenvalue weighted by molar-refractivity contribution is 0.100. The van der Waals surface area contributed by atoms with Crippen molar-refractivity contribution < 1.29 is 9.59 Å². The number of aromatic nitrogens is 1. The van der Waals surface area contributed by atoms with Crippen LogP contribution in [0.2, 0.25) is 0 Å². The van der Waals surface area contributed by atoms with E-state index in [2.05, 4.69) is 30.2 Å². The number of aryl methyl sites for hydroxylation is 2. The second-order valence-corrected chi connectivity index (χ2v) is 10.3. The van der Waals surface area contributed by atoms with Gasteiger partial charge in [0.25, 0.3) is 11.8 Å². The first-order chi connectivity index (χ1) is 15.3. The summed E-state index contributed by atoms with van der Waals surface area (Å²) < 4.78 is 0. The third-order valence-corrected chi connectivity index (χ3v) is 8.05. The molecule has 0 unspecified atom stereocenters. The van der Waals surface area contributed by atoms with Crippen LogP contribution < -0.4 is 16.8 Å². The van der Waals surface area contributed by atoms with Gasteiger partial charge in [-0.05, 0) is 42.0 Å². The number of fused-ring (bicyclic) bond motifs is 4. The highest BCUT2D eigenvalue weighted by Gasteiger charge is 2.29. The van der Waals surface area contributed by atoms with Crippen molar-refractivity contribution in [2.24, 2.45) is 5.73 Å². The van der Waals surface area contributed by atoms with Gasteiger partial charge in [0.2, 0.25) is 0 Å². The molecule has 0 atom stereocenters. The number of carbonyl (C=O) groups excluding carboxylic acids is 2. The second kappa shape index (κ2) is 7.72. The van der Waals surface area contributed by atoms with Gasteiger partial charge in [-0.1, -0.05) is 38.1 Å². The molecule has 1 aliphatic rings.